The van der Waals surface area contributed by atoms with Crippen LogP contribution in [0.1, 0.15) is 32.8 Å². The van der Waals surface area contributed by atoms with Gasteiger partial charge >= 0.3 is 0 Å². The van der Waals surface area contributed by atoms with E-state index in [2.05, 4.69) is 25.9 Å². The molecule has 0 amide bonds. The third-order valence-electron chi connectivity index (χ3n) is 2.55. The highest BCUT2D eigenvalue weighted by molar-refractivity contribution is 5.35. The van der Waals surface area contributed by atoms with E-state index in [1.807, 2.05) is 17.8 Å². The Morgan fingerprint density at radius 2 is 2.07 bits per heavy atom. The number of nitrogens with zero attached hydrogens (tertiary/aromatic N) is 2. The van der Waals surface area contributed by atoms with Gasteiger partial charge in [0.2, 0.25) is 0 Å². The van der Waals surface area contributed by atoms with Gasteiger partial charge < -0.3 is 5.73 Å². The molecule has 0 saturated carbocycles. The third-order valence-corrected chi connectivity index (χ3v) is 2.55. The van der Waals surface area contributed by atoms with E-state index >= 15 is 0 Å². The van der Waals surface area contributed by atoms with Crippen LogP contribution in [0.15, 0.2) is 17.3 Å². The quantitative estimate of drug-likeness (QED) is 0.750. The van der Waals surface area contributed by atoms with Gasteiger partial charge in [-0.3, -0.25) is 4.68 Å². The largest absolute Gasteiger partial charge is 0.382 e. The number of nitrogens with two attached hydrogens (primary N) is 1. The van der Waals surface area contributed by atoms with E-state index in [0.29, 0.717) is 5.82 Å². The highest BCUT2D eigenvalue weighted by atomic mass is 15.3. The number of hydrogen-bond donors (Lipinski definition) is 1. The molecular formula is C11H19N3. The van der Waals surface area contributed by atoms with Crippen molar-refractivity contribution in [3.8, 4) is 0 Å². The lowest BCUT2D eigenvalue weighted by atomic mass is 10.1. The summed E-state index contributed by atoms with van der Waals surface area (Å²) in [6.07, 6.45) is 3.04. The Balaban J connectivity index is 2.59. The predicted molar refractivity (Wildman–Crippen MR) is 60.0 cm³/mol. The summed E-state index contributed by atoms with van der Waals surface area (Å²) >= 11 is 0. The van der Waals surface area contributed by atoms with Crippen molar-refractivity contribution in [1.82, 2.24) is 9.78 Å². The molecule has 0 aliphatic heterocycles. The molecule has 2 N–H and O–H groups in total. The molecule has 0 aliphatic rings. The van der Waals surface area contributed by atoms with Crippen LogP contribution in [0.5, 0.6) is 0 Å². The van der Waals surface area contributed by atoms with Crippen molar-refractivity contribution in [2.24, 2.45) is 0 Å². The molecule has 0 saturated heterocycles. The van der Waals surface area contributed by atoms with Gasteiger partial charge in [0.1, 0.15) is 5.82 Å². The summed E-state index contributed by atoms with van der Waals surface area (Å²) in [6.45, 7) is 9.33. The average molecular weight is 193 g/mol. The SMILES string of the molecule is CC(C)=C(C)CCn1cc(C)c(N)n1. The third kappa shape index (κ3) is 2.62. The Kier molecular flexibility index (Phi) is 3.33. The van der Waals surface area contributed by atoms with Crippen LogP contribution >= 0.6 is 0 Å². The van der Waals surface area contributed by atoms with Crippen LogP contribution in [-0.2, 0) is 6.54 Å². The van der Waals surface area contributed by atoms with Crippen LogP contribution in [0.4, 0.5) is 5.82 Å². The molecule has 0 unspecified atom stereocenters. The van der Waals surface area contributed by atoms with E-state index < -0.39 is 0 Å². The highest BCUT2D eigenvalue weighted by Crippen LogP contribution is 2.11. The van der Waals surface area contributed by atoms with Gasteiger partial charge in [-0.05, 0) is 34.1 Å². The zero-order valence-electron chi connectivity index (χ0n) is 9.46. The molecule has 14 heavy (non-hydrogen) atoms. The van der Waals surface area contributed by atoms with E-state index in [9.17, 15) is 0 Å². The molecule has 0 aromatic carbocycles. The molecule has 78 valence electrons. The van der Waals surface area contributed by atoms with Gasteiger partial charge in [-0.2, -0.15) is 5.10 Å². The van der Waals surface area contributed by atoms with Crippen molar-refractivity contribution in [2.75, 3.05) is 5.73 Å². The predicted octanol–water partition coefficient (Wildman–Crippen LogP) is 2.52. The first kappa shape index (κ1) is 10.8. The molecular weight excluding hydrogens is 174 g/mol. The molecule has 1 aromatic heterocycles. The molecule has 3 heteroatoms. The zero-order valence-corrected chi connectivity index (χ0v) is 9.46. The number of rotatable bonds is 3. The van der Waals surface area contributed by atoms with Gasteiger partial charge in [-0.15, -0.1) is 0 Å². The first-order chi connectivity index (χ1) is 6.50. The van der Waals surface area contributed by atoms with E-state index in [0.717, 1.165) is 18.5 Å². The van der Waals surface area contributed by atoms with Gasteiger partial charge in [0.15, 0.2) is 0 Å². The van der Waals surface area contributed by atoms with Crippen LogP contribution in [-0.4, -0.2) is 9.78 Å². The summed E-state index contributed by atoms with van der Waals surface area (Å²) in [7, 11) is 0. The van der Waals surface area contributed by atoms with E-state index in [1.54, 1.807) is 0 Å². The molecule has 0 bridgehead atoms. The molecule has 3 nitrogen and oxygen atoms in total. The summed E-state index contributed by atoms with van der Waals surface area (Å²) in [4.78, 5) is 0. The molecule has 1 rings (SSSR count). The van der Waals surface area contributed by atoms with Gasteiger partial charge in [0, 0.05) is 18.3 Å². The Labute approximate surface area is 85.6 Å². The van der Waals surface area contributed by atoms with Crippen LogP contribution < -0.4 is 5.73 Å². The number of anilines is 1. The minimum Gasteiger partial charge on any atom is -0.382 e. The van der Waals surface area contributed by atoms with Gasteiger partial charge in [0.25, 0.3) is 0 Å². The fourth-order valence-electron chi connectivity index (χ4n) is 1.18. The molecule has 0 spiro atoms. The van der Waals surface area contributed by atoms with Crippen molar-refractivity contribution in [2.45, 2.75) is 40.7 Å². The fraction of sp³-hybridized carbons (Fsp3) is 0.545. The van der Waals surface area contributed by atoms with Gasteiger partial charge in [0.05, 0.1) is 0 Å². The maximum absolute atomic E-state index is 5.66. The molecule has 1 heterocycles. The first-order valence-electron chi connectivity index (χ1n) is 4.93. The minimum atomic E-state index is 0.639. The van der Waals surface area contributed by atoms with Crippen LogP contribution in [0.25, 0.3) is 0 Å². The number of nitrogen functional groups attached to an aromatic ring is 1. The number of allylic oxidation sites excluding steroid dienone is 2. The van der Waals surface area contributed by atoms with E-state index in [4.69, 9.17) is 5.73 Å². The van der Waals surface area contributed by atoms with E-state index in [1.165, 1.54) is 11.1 Å². The van der Waals surface area contributed by atoms with E-state index in [-0.39, 0.29) is 0 Å². The Hall–Kier alpha value is -1.25. The smallest absolute Gasteiger partial charge is 0.148 e. The van der Waals surface area contributed by atoms with Gasteiger partial charge in [-0.25, -0.2) is 0 Å². The number of aryl methyl sites for hydroxylation is 2. The first-order valence-corrected chi connectivity index (χ1v) is 4.93. The molecule has 0 atom stereocenters. The van der Waals surface area contributed by atoms with Crippen molar-refractivity contribution >= 4 is 5.82 Å². The summed E-state index contributed by atoms with van der Waals surface area (Å²) in [6, 6.07) is 0. The van der Waals surface area contributed by atoms with Crippen molar-refractivity contribution < 1.29 is 0 Å². The van der Waals surface area contributed by atoms with Crippen LogP contribution in [0.2, 0.25) is 0 Å². The average Bonchev–Trinajstić information content (AvgIpc) is 2.42. The second-order valence-electron chi connectivity index (χ2n) is 3.99. The second-order valence-corrected chi connectivity index (χ2v) is 3.99. The molecule has 0 aliphatic carbocycles. The lowest BCUT2D eigenvalue weighted by Gasteiger charge is -2.03. The Morgan fingerprint density at radius 1 is 1.43 bits per heavy atom. The molecule has 0 radical (unpaired) electrons. The Bertz CT molecular complexity index is 324. The summed E-state index contributed by atoms with van der Waals surface area (Å²) in [5.41, 5.74) is 9.54. The monoisotopic (exact) mass is 193 g/mol. The fourth-order valence-corrected chi connectivity index (χ4v) is 1.18. The number of hydrogen-bond acceptors (Lipinski definition) is 2. The maximum Gasteiger partial charge on any atom is 0.148 e. The highest BCUT2D eigenvalue weighted by Gasteiger charge is 2.00. The van der Waals surface area contributed by atoms with Crippen LogP contribution in [0, 0.1) is 6.92 Å². The molecule has 1 aromatic rings. The normalized spacial score (nSPS) is 10.3. The topological polar surface area (TPSA) is 43.8 Å². The summed E-state index contributed by atoms with van der Waals surface area (Å²) in [5, 5.41) is 4.21. The lowest BCUT2D eigenvalue weighted by molar-refractivity contribution is 0.612. The summed E-state index contributed by atoms with van der Waals surface area (Å²) in [5.74, 6) is 0.639. The Morgan fingerprint density at radius 3 is 2.50 bits per heavy atom. The minimum absolute atomic E-state index is 0.639. The van der Waals surface area contributed by atoms with Crippen molar-refractivity contribution in [3.05, 3.63) is 22.9 Å². The van der Waals surface area contributed by atoms with Crippen molar-refractivity contribution in [3.63, 3.8) is 0 Å². The van der Waals surface area contributed by atoms with Gasteiger partial charge in [-0.1, -0.05) is 11.1 Å². The maximum atomic E-state index is 5.66. The number of aromatic nitrogens is 2. The zero-order chi connectivity index (χ0) is 10.7. The lowest BCUT2D eigenvalue weighted by Crippen LogP contribution is -2.00. The van der Waals surface area contributed by atoms with Crippen LogP contribution in [0.3, 0.4) is 0 Å². The molecule has 0 fully saturated rings. The standard InChI is InChI=1S/C11H19N3/c1-8(2)9(3)5-6-14-7-10(4)11(12)13-14/h7H,5-6H2,1-4H3,(H2,12,13). The summed E-state index contributed by atoms with van der Waals surface area (Å²) < 4.78 is 1.91. The van der Waals surface area contributed by atoms with Crippen molar-refractivity contribution in [1.29, 1.82) is 0 Å². The second kappa shape index (κ2) is 4.31.